The summed E-state index contributed by atoms with van der Waals surface area (Å²) < 4.78 is 0. The van der Waals surface area contributed by atoms with E-state index < -0.39 is 0 Å². The zero-order valence-electron chi connectivity index (χ0n) is 13.1. The number of amides is 2. The minimum atomic E-state index is -0.0850. The quantitative estimate of drug-likeness (QED) is 0.906. The summed E-state index contributed by atoms with van der Waals surface area (Å²) in [7, 11) is 0. The van der Waals surface area contributed by atoms with Crippen LogP contribution in [0.3, 0.4) is 0 Å². The summed E-state index contributed by atoms with van der Waals surface area (Å²) in [5.41, 5.74) is 3.61. The number of carbonyl (C=O) groups excluding carboxylic acids is 2. The molecule has 2 amide bonds. The monoisotopic (exact) mass is 326 g/mol. The third kappa shape index (κ3) is 3.74. The molecule has 5 heteroatoms. The Morgan fingerprint density at radius 3 is 2.70 bits per heavy atom. The lowest BCUT2D eigenvalue weighted by Gasteiger charge is -2.21. The van der Waals surface area contributed by atoms with Crippen molar-refractivity contribution < 1.29 is 9.59 Å². The maximum Gasteiger partial charge on any atom is 0.237 e. The first kappa shape index (κ1) is 15.6. The van der Waals surface area contributed by atoms with Crippen LogP contribution in [0, 0.1) is 6.92 Å². The Hall–Kier alpha value is -2.27. The lowest BCUT2D eigenvalue weighted by Crippen LogP contribution is -2.26. The van der Waals surface area contributed by atoms with E-state index in [0.717, 1.165) is 27.4 Å². The molecule has 2 N–H and O–H groups in total. The highest BCUT2D eigenvalue weighted by Gasteiger charge is 2.23. The SMILES string of the molecule is Cc1ccc(NC(=O)Cc2ccc3c(c2)NC(=O)C(C)S3)cc1. The second-order valence-electron chi connectivity index (χ2n) is 5.67. The fourth-order valence-corrected chi connectivity index (χ4v) is 3.32. The number of anilines is 2. The Kier molecular flexibility index (Phi) is 4.39. The molecule has 0 aliphatic carbocycles. The number of nitrogens with one attached hydrogen (secondary N) is 2. The van der Waals surface area contributed by atoms with Gasteiger partial charge in [-0.1, -0.05) is 23.8 Å². The maximum absolute atomic E-state index is 12.1. The van der Waals surface area contributed by atoms with E-state index in [1.807, 2.05) is 56.3 Å². The number of fused-ring (bicyclic) bond motifs is 1. The van der Waals surface area contributed by atoms with Crippen LogP contribution in [0.4, 0.5) is 11.4 Å². The summed E-state index contributed by atoms with van der Waals surface area (Å²) in [6.07, 6.45) is 0.275. The average Bonchev–Trinajstić information content (AvgIpc) is 2.51. The van der Waals surface area contributed by atoms with Crippen molar-refractivity contribution in [1.82, 2.24) is 0 Å². The van der Waals surface area contributed by atoms with Gasteiger partial charge in [-0.25, -0.2) is 0 Å². The molecule has 23 heavy (non-hydrogen) atoms. The number of aryl methyl sites for hydroxylation is 1. The summed E-state index contributed by atoms with van der Waals surface area (Å²) >= 11 is 1.54. The molecule has 2 aromatic rings. The van der Waals surface area contributed by atoms with Crippen molar-refractivity contribution in [2.45, 2.75) is 30.4 Å². The molecule has 0 bridgehead atoms. The van der Waals surface area contributed by atoms with Gasteiger partial charge in [-0.15, -0.1) is 11.8 Å². The van der Waals surface area contributed by atoms with Crippen LogP contribution >= 0.6 is 11.8 Å². The Morgan fingerprint density at radius 2 is 1.96 bits per heavy atom. The molecule has 4 nitrogen and oxygen atoms in total. The largest absolute Gasteiger partial charge is 0.326 e. The third-order valence-electron chi connectivity index (χ3n) is 3.67. The van der Waals surface area contributed by atoms with Crippen molar-refractivity contribution in [3.63, 3.8) is 0 Å². The van der Waals surface area contributed by atoms with Gasteiger partial charge in [0.1, 0.15) is 0 Å². The highest BCUT2D eigenvalue weighted by atomic mass is 32.2. The summed E-state index contributed by atoms with van der Waals surface area (Å²) in [6, 6.07) is 13.5. The maximum atomic E-state index is 12.1. The van der Waals surface area contributed by atoms with Gasteiger partial charge in [0.25, 0.3) is 0 Å². The highest BCUT2D eigenvalue weighted by molar-refractivity contribution is 8.00. The zero-order valence-corrected chi connectivity index (χ0v) is 13.9. The summed E-state index contributed by atoms with van der Waals surface area (Å²) in [6.45, 7) is 3.89. The second kappa shape index (κ2) is 6.46. The van der Waals surface area contributed by atoms with Crippen molar-refractivity contribution in [2.24, 2.45) is 0 Å². The number of hydrogen-bond donors (Lipinski definition) is 2. The Balaban J connectivity index is 1.68. The molecular formula is C18H18N2O2S. The summed E-state index contributed by atoms with van der Waals surface area (Å²) in [5, 5.41) is 5.68. The predicted octanol–water partition coefficient (Wildman–Crippen LogP) is 3.61. The Labute approximate surface area is 139 Å². The smallest absolute Gasteiger partial charge is 0.237 e. The molecule has 1 atom stereocenters. The topological polar surface area (TPSA) is 58.2 Å². The second-order valence-corrected chi connectivity index (χ2v) is 7.05. The van der Waals surface area contributed by atoms with E-state index in [4.69, 9.17) is 0 Å². The van der Waals surface area contributed by atoms with Crippen LogP contribution in [0.1, 0.15) is 18.1 Å². The Bertz CT molecular complexity index is 756. The lowest BCUT2D eigenvalue weighted by molar-refractivity contribution is -0.116. The minimum Gasteiger partial charge on any atom is -0.326 e. The number of hydrogen-bond acceptors (Lipinski definition) is 3. The molecule has 1 unspecified atom stereocenters. The number of carbonyl (C=O) groups is 2. The molecule has 0 fully saturated rings. The van der Waals surface area contributed by atoms with E-state index in [2.05, 4.69) is 10.6 Å². The van der Waals surface area contributed by atoms with Crippen molar-refractivity contribution in [3.8, 4) is 0 Å². The first-order valence-corrected chi connectivity index (χ1v) is 8.36. The fraction of sp³-hybridized carbons (Fsp3) is 0.222. The summed E-state index contributed by atoms with van der Waals surface area (Å²) in [4.78, 5) is 24.9. The van der Waals surface area contributed by atoms with Crippen molar-refractivity contribution in [1.29, 1.82) is 0 Å². The van der Waals surface area contributed by atoms with E-state index in [9.17, 15) is 9.59 Å². The molecule has 1 aliphatic rings. The van der Waals surface area contributed by atoms with Crippen LogP contribution < -0.4 is 10.6 Å². The van der Waals surface area contributed by atoms with Crippen LogP contribution in [0.5, 0.6) is 0 Å². The van der Waals surface area contributed by atoms with Crippen LogP contribution in [0.25, 0.3) is 0 Å². The first-order chi connectivity index (χ1) is 11.0. The number of thioether (sulfide) groups is 1. The third-order valence-corrected chi connectivity index (χ3v) is 4.85. The van der Waals surface area contributed by atoms with E-state index in [1.54, 1.807) is 0 Å². The molecule has 118 valence electrons. The molecule has 1 aliphatic heterocycles. The van der Waals surface area contributed by atoms with Crippen LogP contribution in [-0.4, -0.2) is 17.1 Å². The van der Waals surface area contributed by atoms with Crippen LogP contribution in [0.15, 0.2) is 47.4 Å². The van der Waals surface area contributed by atoms with Crippen molar-refractivity contribution >= 4 is 35.0 Å². The van der Waals surface area contributed by atoms with Gasteiger partial charge in [0.05, 0.1) is 17.4 Å². The fourth-order valence-electron chi connectivity index (χ4n) is 2.39. The van der Waals surface area contributed by atoms with E-state index in [-0.39, 0.29) is 23.5 Å². The van der Waals surface area contributed by atoms with E-state index in [1.165, 1.54) is 11.8 Å². The predicted molar refractivity (Wildman–Crippen MR) is 93.9 cm³/mol. The lowest BCUT2D eigenvalue weighted by atomic mass is 10.1. The van der Waals surface area contributed by atoms with Gasteiger partial charge in [-0.2, -0.15) is 0 Å². The van der Waals surface area contributed by atoms with Gasteiger partial charge in [0.2, 0.25) is 11.8 Å². The molecule has 0 saturated heterocycles. The van der Waals surface area contributed by atoms with Crippen molar-refractivity contribution in [3.05, 3.63) is 53.6 Å². The van der Waals surface area contributed by atoms with Gasteiger partial charge in [-0.3, -0.25) is 9.59 Å². The average molecular weight is 326 g/mol. The zero-order chi connectivity index (χ0) is 16.4. The van der Waals surface area contributed by atoms with Gasteiger partial charge in [0.15, 0.2) is 0 Å². The molecular weight excluding hydrogens is 308 g/mol. The molecule has 0 aromatic heterocycles. The van der Waals surface area contributed by atoms with Gasteiger partial charge >= 0.3 is 0 Å². The first-order valence-electron chi connectivity index (χ1n) is 7.48. The molecule has 0 radical (unpaired) electrons. The standard InChI is InChI=1S/C18H18N2O2S/c1-11-3-6-14(7-4-11)19-17(21)10-13-5-8-16-15(9-13)20-18(22)12(2)23-16/h3-9,12H,10H2,1-2H3,(H,19,21)(H,20,22). The van der Waals surface area contributed by atoms with Gasteiger partial charge in [0, 0.05) is 10.6 Å². The summed E-state index contributed by atoms with van der Waals surface area (Å²) in [5.74, 6) is -0.0688. The number of benzene rings is 2. The van der Waals surface area contributed by atoms with E-state index >= 15 is 0 Å². The molecule has 1 heterocycles. The molecule has 2 aromatic carbocycles. The molecule has 0 saturated carbocycles. The highest BCUT2D eigenvalue weighted by Crippen LogP contribution is 2.36. The normalized spacial score (nSPS) is 16.4. The van der Waals surface area contributed by atoms with Gasteiger partial charge in [-0.05, 0) is 43.7 Å². The number of rotatable bonds is 3. The molecule has 0 spiro atoms. The Morgan fingerprint density at radius 1 is 1.22 bits per heavy atom. The van der Waals surface area contributed by atoms with E-state index in [0.29, 0.717) is 0 Å². The van der Waals surface area contributed by atoms with Crippen LogP contribution in [-0.2, 0) is 16.0 Å². The van der Waals surface area contributed by atoms with Crippen molar-refractivity contribution in [2.75, 3.05) is 10.6 Å². The van der Waals surface area contributed by atoms with Gasteiger partial charge < -0.3 is 10.6 Å². The molecule has 3 rings (SSSR count). The van der Waals surface area contributed by atoms with Crippen LogP contribution in [0.2, 0.25) is 0 Å². The minimum absolute atomic E-state index is 0.00348.